The van der Waals surface area contributed by atoms with Crippen molar-refractivity contribution in [2.45, 2.75) is 57.5 Å². The molecule has 0 aromatic carbocycles. The summed E-state index contributed by atoms with van der Waals surface area (Å²) in [6.07, 6.45) is 3.54. The first kappa shape index (κ1) is 19.7. The highest BCUT2D eigenvalue weighted by Gasteiger charge is 2.21. The third kappa shape index (κ3) is 4.33. The van der Waals surface area contributed by atoms with Crippen molar-refractivity contribution >= 4 is 39.2 Å². The van der Waals surface area contributed by atoms with Gasteiger partial charge < -0.3 is 5.32 Å². The van der Waals surface area contributed by atoms with Crippen molar-refractivity contribution in [3.63, 3.8) is 0 Å². The number of fused-ring (bicyclic) bond motifs is 1. The van der Waals surface area contributed by atoms with Crippen LogP contribution in [-0.4, -0.2) is 27.3 Å². The summed E-state index contributed by atoms with van der Waals surface area (Å²) in [6, 6.07) is 0. The Bertz CT molecular complexity index is 839. The summed E-state index contributed by atoms with van der Waals surface area (Å²) in [5.74, 6) is -0.0835. The SMILES string of the molecule is C=CCNC(=O)C(C)Sc1nc2sc(C)c(C)c2c(=O)n1CCCC. The zero-order valence-corrected chi connectivity index (χ0v) is 16.9. The average molecular weight is 380 g/mol. The molecule has 0 radical (unpaired) electrons. The van der Waals surface area contributed by atoms with E-state index in [0.29, 0.717) is 23.6 Å². The summed E-state index contributed by atoms with van der Waals surface area (Å²) in [4.78, 5) is 31.7. The van der Waals surface area contributed by atoms with E-state index in [2.05, 4.69) is 18.8 Å². The lowest BCUT2D eigenvalue weighted by Crippen LogP contribution is -2.32. The van der Waals surface area contributed by atoms with Crippen LogP contribution in [0.1, 0.15) is 37.1 Å². The maximum Gasteiger partial charge on any atom is 0.263 e. The zero-order valence-electron chi connectivity index (χ0n) is 15.2. The quantitative estimate of drug-likeness (QED) is 0.432. The molecule has 0 aliphatic carbocycles. The van der Waals surface area contributed by atoms with Crippen LogP contribution in [0.3, 0.4) is 0 Å². The van der Waals surface area contributed by atoms with Gasteiger partial charge in [0.2, 0.25) is 5.91 Å². The largest absolute Gasteiger partial charge is 0.352 e. The molecule has 0 saturated heterocycles. The molecule has 1 amide bonds. The van der Waals surface area contributed by atoms with Gasteiger partial charge in [-0.15, -0.1) is 17.9 Å². The lowest BCUT2D eigenvalue weighted by Gasteiger charge is -2.15. The van der Waals surface area contributed by atoms with Crippen molar-refractivity contribution in [1.82, 2.24) is 14.9 Å². The fourth-order valence-electron chi connectivity index (χ4n) is 2.44. The molecule has 2 heterocycles. The van der Waals surface area contributed by atoms with E-state index >= 15 is 0 Å². The predicted molar refractivity (Wildman–Crippen MR) is 107 cm³/mol. The van der Waals surface area contributed by atoms with E-state index in [1.165, 1.54) is 23.1 Å². The average Bonchev–Trinajstić information content (AvgIpc) is 2.86. The minimum Gasteiger partial charge on any atom is -0.352 e. The van der Waals surface area contributed by atoms with Crippen LogP contribution in [0.25, 0.3) is 10.2 Å². The Morgan fingerprint density at radius 3 is 2.84 bits per heavy atom. The van der Waals surface area contributed by atoms with E-state index in [1.54, 1.807) is 10.6 Å². The molecule has 0 bridgehead atoms. The van der Waals surface area contributed by atoms with Gasteiger partial charge in [0.25, 0.3) is 5.56 Å². The molecule has 1 atom stereocenters. The van der Waals surface area contributed by atoms with E-state index in [1.807, 2.05) is 20.8 Å². The van der Waals surface area contributed by atoms with E-state index in [9.17, 15) is 9.59 Å². The monoisotopic (exact) mass is 379 g/mol. The van der Waals surface area contributed by atoms with Gasteiger partial charge in [0.05, 0.1) is 10.6 Å². The van der Waals surface area contributed by atoms with Crippen molar-refractivity contribution in [1.29, 1.82) is 0 Å². The van der Waals surface area contributed by atoms with Crippen LogP contribution in [-0.2, 0) is 11.3 Å². The third-order valence-electron chi connectivity index (χ3n) is 4.06. The summed E-state index contributed by atoms with van der Waals surface area (Å²) in [5, 5.41) is 3.79. The first-order valence-corrected chi connectivity index (χ1v) is 10.2. The van der Waals surface area contributed by atoms with Gasteiger partial charge in [-0.2, -0.15) is 0 Å². The molecule has 7 heteroatoms. The van der Waals surface area contributed by atoms with Crippen molar-refractivity contribution in [3.8, 4) is 0 Å². The molecule has 2 rings (SSSR count). The second-order valence-electron chi connectivity index (χ2n) is 5.96. The van der Waals surface area contributed by atoms with E-state index in [-0.39, 0.29) is 16.7 Å². The number of rotatable bonds is 8. The van der Waals surface area contributed by atoms with Gasteiger partial charge in [-0.05, 0) is 32.8 Å². The lowest BCUT2D eigenvalue weighted by atomic mass is 10.2. The molecular weight excluding hydrogens is 354 g/mol. The molecule has 25 heavy (non-hydrogen) atoms. The highest BCUT2D eigenvalue weighted by atomic mass is 32.2. The zero-order chi connectivity index (χ0) is 18.6. The highest BCUT2D eigenvalue weighted by Crippen LogP contribution is 2.29. The number of unbranched alkanes of at least 4 members (excludes halogenated alkanes) is 1. The molecule has 2 aromatic heterocycles. The van der Waals surface area contributed by atoms with Crippen LogP contribution in [0.5, 0.6) is 0 Å². The van der Waals surface area contributed by atoms with Crippen molar-refractivity contribution in [2.75, 3.05) is 6.54 Å². The Morgan fingerprint density at radius 2 is 2.20 bits per heavy atom. The number of carbonyl (C=O) groups is 1. The lowest BCUT2D eigenvalue weighted by molar-refractivity contribution is -0.120. The Hall–Kier alpha value is -1.60. The topological polar surface area (TPSA) is 64.0 Å². The number of nitrogens with one attached hydrogen (secondary N) is 1. The molecule has 2 aromatic rings. The Labute approximate surface area is 156 Å². The molecule has 0 spiro atoms. The molecule has 0 aliphatic rings. The number of amides is 1. The Balaban J connectivity index is 2.44. The van der Waals surface area contributed by atoms with Gasteiger partial charge in [0, 0.05) is 18.0 Å². The third-order valence-corrected chi connectivity index (χ3v) is 6.25. The van der Waals surface area contributed by atoms with Gasteiger partial charge in [-0.25, -0.2) is 4.98 Å². The van der Waals surface area contributed by atoms with Crippen molar-refractivity contribution in [2.24, 2.45) is 0 Å². The summed E-state index contributed by atoms with van der Waals surface area (Å²) >= 11 is 2.87. The van der Waals surface area contributed by atoms with Crippen LogP contribution >= 0.6 is 23.1 Å². The smallest absolute Gasteiger partial charge is 0.263 e. The molecule has 1 N–H and O–H groups in total. The first-order chi connectivity index (χ1) is 11.9. The van der Waals surface area contributed by atoms with Crippen LogP contribution in [0, 0.1) is 13.8 Å². The van der Waals surface area contributed by atoms with E-state index in [4.69, 9.17) is 4.98 Å². The normalized spacial score (nSPS) is 12.3. The first-order valence-electron chi connectivity index (χ1n) is 8.46. The number of carbonyl (C=O) groups excluding carboxylic acids is 1. The van der Waals surface area contributed by atoms with E-state index < -0.39 is 0 Å². The number of aryl methyl sites for hydroxylation is 2. The molecule has 136 valence electrons. The predicted octanol–water partition coefficient (Wildman–Crippen LogP) is 3.66. The highest BCUT2D eigenvalue weighted by molar-refractivity contribution is 8.00. The number of thiophene rings is 1. The standard InChI is InChI=1S/C18H25N3O2S2/c1-6-8-10-21-17(23)14-11(3)12(4)24-16(14)20-18(21)25-13(5)15(22)19-9-7-2/h7,13H,2,6,8-10H2,1,3-5H3,(H,19,22). The number of hydrogen-bond donors (Lipinski definition) is 1. The number of nitrogens with zero attached hydrogens (tertiary/aromatic N) is 2. The van der Waals surface area contributed by atoms with Gasteiger partial charge in [0.1, 0.15) is 4.83 Å². The van der Waals surface area contributed by atoms with E-state index in [0.717, 1.165) is 28.1 Å². The molecule has 5 nitrogen and oxygen atoms in total. The van der Waals surface area contributed by atoms with Crippen LogP contribution in [0.4, 0.5) is 0 Å². The molecule has 0 saturated carbocycles. The second-order valence-corrected chi connectivity index (χ2v) is 8.47. The number of thioether (sulfide) groups is 1. The number of aromatic nitrogens is 2. The molecule has 0 aliphatic heterocycles. The van der Waals surface area contributed by atoms with Gasteiger partial charge >= 0.3 is 0 Å². The summed E-state index contributed by atoms with van der Waals surface area (Å²) in [6.45, 7) is 12.6. The molecular formula is C18H25N3O2S2. The van der Waals surface area contributed by atoms with Crippen molar-refractivity contribution in [3.05, 3.63) is 33.4 Å². The summed E-state index contributed by atoms with van der Waals surface area (Å²) in [7, 11) is 0. The minimum atomic E-state index is -0.334. The molecule has 1 unspecified atom stereocenters. The Morgan fingerprint density at radius 1 is 1.48 bits per heavy atom. The van der Waals surface area contributed by atoms with Crippen LogP contribution < -0.4 is 10.9 Å². The maximum atomic E-state index is 13.0. The second kappa shape index (κ2) is 8.67. The fraction of sp³-hybridized carbons (Fsp3) is 0.500. The van der Waals surface area contributed by atoms with Crippen molar-refractivity contribution < 1.29 is 4.79 Å². The minimum absolute atomic E-state index is 0.00139. The van der Waals surface area contributed by atoms with Crippen LogP contribution in [0.15, 0.2) is 22.6 Å². The Kier molecular flexibility index (Phi) is 6.84. The van der Waals surface area contributed by atoms with Gasteiger partial charge in [-0.1, -0.05) is 31.2 Å². The van der Waals surface area contributed by atoms with Gasteiger partial charge in [0.15, 0.2) is 5.16 Å². The molecule has 0 fully saturated rings. The van der Waals surface area contributed by atoms with Gasteiger partial charge in [-0.3, -0.25) is 14.2 Å². The fourth-order valence-corrected chi connectivity index (χ4v) is 4.47. The maximum absolute atomic E-state index is 13.0. The number of hydrogen-bond acceptors (Lipinski definition) is 5. The summed E-state index contributed by atoms with van der Waals surface area (Å²) < 4.78 is 1.73. The summed E-state index contributed by atoms with van der Waals surface area (Å²) in [5.41, 5.74) is 1.01. The van der Waals surface area contributed by atoms with Crippen LogP contribution in [0.2, 0.25) is 0 Å².